The Bertz CT molecular complexity index is 95.8. The molecule has 0 bridgehead atoms. The van der Waals surface area contributed by atoms with Gasteiger partial charge in [0.15, 0.2) is 0 Å². The molecule has 0 aliphatic carbocycles. The number of nitrogens with two attached hydrogens (primary N) is 1. The fourth-order valence-electron chi connectivity index (χ4n) is 0.231. The highest BCUT2D eigenvalue weighted by Gasteiger charge is 1.82. The van der Waals surface area contributed by atoms with Crippen molar-refractivity contribution in [3.63, 3.8) is 0 Å². The number of rotatable bonds is 1. The van der Waals surface area contributed by atoms with Crippen LogP contribution in [0.4, 0.5) is 0 Å². The van der Waals surface area contributed by atoms with Crippen molar-refractivity contribution in [2.45, 2.75) is 0 Å². The minimum atomic E-state index is 0.368. The van der Waals surface area contributed by atoms with Crippen molar-refractivity contribution in [2.24, 2.45) is 15.8 Å². The highest BCUT2D eigenvalue weighted by molar-refractivity contribution is 5.83. The first-order chi connectivity index (χ1) is 3.85. The van der Waals surface area contributed by atoms with E-state index in [9.17, 15) is 0 Å². The molecule has 0 amide bonds. The van der Waals surface area contributed by atoms with Crippen LogP contribution in [0.25, 0.3) is 0 Å². The van der Waals surface area contributed by atoms with Crippen LogP contribution in [0.15, 0.2) is 9.98 Å². The first-order valence-electron chi connectivity index (χ1n) is 2.00. The maximum atomic E-state index is 4.85. The van der Waals surface area contributed by atoms with Crippen LogP contribution in [0.3, 0.4) is 0 Å². The fraction of sp³-hybridized carbons (Fsp3) is 0.333. The van der Waals surface area contributed by atoms with Gasteiger partial charge in [-0.2, -0.15) is 5.53 Å². The van der Waals surface area contributed by atoms with Gasteiger partial charge in [0.2, 0.25) is 5.96 Å². The first kappa shape index (κ1) is 7.06. The Labute approximate surface area is 47.6 Å². The third-order valence-corrected chi connectivity index (χ3v) is 0.546. The number of hydrogen-bond acceptors (Lipinski definition) is 3. The highest BCUT2D eigenvalue weighted by atomic mass is 15.5. The number of nitrogens with one attached hydrogen (secondary N) is 2. The summed E-state index contributed by atoms with van der Waals surface area (Å²) in [7, 11) is 1.58. The smallest absolute Gasteiger partial charge is 0.232 e. The Morgan fingerprint density at radius 2 is 2.38 bits per heavy atom. The van der Waals surface area contributed by atoms with Gasteiger partial charge in [0.05, 0.1) is 0 Å². The summed E-state index contributed by atoms with van der Waals surface area (Å²) in [6.45, 7) is 3.21. The van der Waals surface area contributed by atoms with E-state index in [1.165, 1.54) is 0 Å². The molecule has 0 fully saturated rings. The van der Waals surface area contributed by atoms with Gasteiger partial charge >= 0.3 is 0 Å². The summed E-state index contributed by atoms with van der Waals surface area (Å²) < 4.78 is 0. The SMILES string of the molecule is C=NC(=NC)NNN. The zero-order chi connectivity index (χ0) is 6.41. The molecule has 0 rings (SSSR count). The number of hydrazine groups is 2. The van der Waals surface area contributed by atoms with Crippen LogP contribution in [0, 0.1) is 0 Å². The maximum Gasteiger partial charge on any atom is 0.232 e. The Morgan fingerprint density at radius 3 is 2.50 bits per heavy atom. The summed E-state index contributed by atoms with van der Waals surface area (Å²) in [6.07, 6.45) is 0. The van der Waals surface area contributed by atoms with Gasteiger partial charge in [-0.25, -0.2) is 4.99 Å². The van der Waals surface area contributed by atoms with Crippen LogP contribution < -0.4 is 16.8 Å². The zero-order valence-corrected chi connectivity index (χ0v) is 4.68. The van der Waals surface area contributed by atoms with Crippen LogP contribution in [0.2, 0.25) is 0 Å². The first-order valence-corrected chi connectivity index (χ1v) is 2.00. The van der Waals surface area contributed by atoms with Crippen molar-refractivity contribution in [3.05, 3.63) is 0 Å². The lowest BCUT2D eigenvalue weighted by molar-refractivity contribution is 0.690. The van der Waals surface area contributed by atoms with Crippen molar-refractivity contribution in [1.82, 2.24) is 11.0 Å². The van der Waals surface area contributed by atoms with Crippen LogP contribution >= 0.6 is 0 Å². The molecule has 0 unspecified atom stereocenters. The van der Waals surface area contributed by atoms with E-state index >= 15 is 0 Å². The molecule has 5 nitrogen and oxygen atoms in total. The summed E-state index contributed by atoms with van der Waals surface area (Å²) in [5.41, 5.74) is 4.59. The number of aliphatic imine (C=N–C) groups is 2. The van der Waals surface area contributed by atoms with E-state index in [0.29, 0.717) is 5.96 Å². The second kappa shape index (κ2) is 4.23. The molecule has 0 aliphatic heterocycles. The summed E-state index contributed by atoms with van der Waals surface area (Å²) in [5.74, 6) is 5.22. The largest absolute Gasteiger partial charge is 0.277 e. The molecule has 4 N–H and O–H groups in total. The van der Waals surface area contributed by atoms with E-state index in [1.807, 2.05) is 0 Å². The molecule has 0 saturated heterocycles. The van der Waals surface area contributed by atoms with Crippen molar-refractivity contribution >= 4 is 12.7 Å². The molecule has 0 radical (unpaired) electrons. The number of nitrogens with zero attached hydrogens (tertiary/aromatic N) is 2. The van der Waals surface area contributed by atoms with E-state index < -0.39 is 0 Å². The normalized spacial score (nSPS) is 11.0. The predicted octanol–water partition coefficient (Wildman–Crippen LogP) is -1.36. The quantitative estimate of drug-likeness (QED) is 0.171. The van der Waals surface area contributed by atoms with Gasteiger partial charge in [-0.1, -0.05) is 0 Å². The Kier molecular flexibility index (Phi) is 3.73. The molecule has 0 aromatic carbocycles. The van der Waals surface area contributed by atoms with Gasteiger partial charge in [0, 0.05) is 7.05 Å². The molecule has 0 saturated carbocycles. The van der Waals surface area contributed by atoms with Crippen molar-refractivity contribution < 1.29 is 0 Å². The van der Waals surface area contributed by atoms with E-state index in [1.54, 1.807) is 7.05 Å². The Morgan fingerprint density at radius 1 is 1.75 bits per heavy atom. The summed E-state index contributed by atoms with van der Waals surface area (Å²) in [5, 5.41) is 0. The molecule has 0 aromatic rings. The van der Waals surface area contributed by atoms with Crippen LogP contribution in [0.1, 0.15) is 0 Å². The van der Waals surface area contributed by atoms with E-state index in [2.05, 4.69) is 27.7 Å². The van der Waals surface area contributed by atoms with E-state index in [0.717, 1.165) is 0 Å². The van der Waals surface area contributed by atoms with Gasteiger partial charge in [-0.3, -0.25) is 16.3 Å². The topological polar surface area (TPSA) is 74.8 Å². The van der Waals surface area contributed by atoms with E-state index in [-0.39, 0.29) is 0 Å². The molecular formula is C3H9N5. The number of guanidine groups is 1. The van der Waals surface area contributed by atoms with Gasteiger partial charge in [0.1, 0.15) is 0 Å². The molecule has 0 aliphatic rings. The predicted molar refractivity (Wildman–Crippen MR) is 33.4 cm³/mol. The minimum Gasteiger partial charge on any atom is -0.277 e. The monoisotopic (exact) mass is 115 g/mol. The minimum absolute atomic E-state index is 0.368. The summed E-state index contributed by atoms with van der Waals surface area (Å²) in [6, 6.07) is 0. The highest BCUT2D eigenvalue weighted by Crippen LogP contribution is 1.65. The summed E-state index contributed by atoms with van der Waals surface area (Å²) in [4.78, 5) is 7.07. The zero-order valence-electron chi connectivity index (χ0n) is 4.68. The standard InChI is InChI=1S/C3H9N5/c1-5-3(6-2)7-8-4/h8H,1,4H2,2H3,(H,6,7). The third-order valence-electron chi connectivity index (χ3n) is 0.546. The van der Waals surface area contributed by atoms with Gasteiger partial charge in [-0.05, 0) is 6.72 Å². The van der Waals surface area contributed by atoms with E-state index in [4.69, 9.17) is 5.84 Å². The molecule has 0 atom stereocenters. The third kappa shape index (κ3) is 2.27. The van der Waals surface area contributed by atoms with Gasteiger partial charge in [0.25, 0.3) is 0 Å². The average molecular weight is 115 g/mol. The van der Waals surface area contributed by atoms with Crippen molar-refractivity contribution in [1.29, 1.82) is 0 Å². The average Bonchev–Trinajstić information content (AvgIpc) is 1.83. The molecule has 8 heavy (non-hydrogen) atoms. The second-order valence-corrected chi connectivity index (χ2v) is 0.975. The Hall–Kier alpha value is -0.940. The van der Waals surface area contributed by atoms with Crippen LogP contribution in [-0.4, -0.2) is 19.7 Å². The molecule has 46 valence electrons. The lowest BCUT2D eigenvalue weighted by Gasteiger charge is -1.98. The molecule has 0 spiro atoms. The molecule has 5 heteroatoms. The molecular weight excluding hydrogens is 106 g/mol. The van der Waals surface area contributed by atoms with Gasteiger partial charge < -0.3 is 0 Å². The Balaban J connectivity index is 3.54. The molecule has 0 aromatic heterocycles. The lowest BCUT2D eigenvalue weighted by Crippen LogP contribution is -2.41. The fourth-order valence-corrected chi connectivity index (χ4v) is 0.231. The van der Waals surface area contributed by atoms with Gasteiger partial charge in [-0.15, -0.1) is 0 Å². The van der Waals surface area contributed by atoms with Crippen molar-refractivity contribution in [2.75, 3.05) is 7.05 Å². The second-order valence-electron chi connectivity index (χ2n) is 0.975. The van der Waals surface area contributed by atoms with Crippen LogP contribution in [-0.2, 0) is 0 Å². The summed E-state index contributed by atoms with van der Waals surface area (Å²) >= 11 is 0. The maximum absolute atomic E-state index is 4.85. The lowest BCUT2D eigenvalue weighted by atomic mass is 11.0. The number of hydrogen-bond donors (Lipinski definition) is 3. The van der Waals surface area contributed by atoms with Crippen LogP contribution in [0.5, 0.6) is 0 Å². The molecule has 0 heterocycles. The van der Waals surface area contributed by atoms with Crippen molar-refractivity contribution in [3.8, 4) is 0 Å².